The molecule has 0 spiro atoms. The second-order valence-electron chi connectivity index (χ2n) is 4.90. The molecule has 2 aromatic heterocycles. The highest BCUT2D eigenvalue weighted by Gasteiger charge is 2.16. The first-order chi connectivity index (χ1) is 9.61. The number of aromatic nitrogens is 1. The van der Waals surface area contributed by atoms with E-state index in [-0.39, 0.29) is 5.78 Å². The molecule has 20 heavy (non-hydrogen) atoms. The Morgan fingerprint density at radius 3 is 2.95 bits per heavy atom. The molecule has 0 amide bonds. The maximum absolute atomic E-state index is 12.0. The van der Waals surface area contributed by atoms with Crippen molar-refractivity contribution in [2.75, 3.05) is 0 Å². The Balaban J connectivity index is 2.28. The van der Waals surface area contributed by atoms with Gasteiger partial charge in [0.15, 0.2) is 11.4 Å². The second kappa shape index (κ2) is 4.91. The zero-order valence-corrected chi connectivity index (χ0v) is 12.1. The van der Waals surface area contributed by atoms with E-state index >= 15 is 0 Å². The molecule has 2 heterocycles. The number of hydrogen-bond donors (Lipinski definition) is 0. The third kappa shape index (κ3) is 1.98. The maximum atomic E-state index is 12.0. The highest BCUT2D eigenvalue weighted by molar-refractivity contribution is 6.39. The standard InChI is InChI=1S/C16H14ClNO2/c1-3-4-13(19)12-8-18-15-11(14(12)17)6-5-10-7-9(2)20-16(10)15/h5-8H,3-4H2,1-2H3. The number of ketones is 1. The van der Waals surface area contributed by atoms with Crippen molar-refractivity contribution < 1.29 is 9.21 Å². The summed E-state index contributed by atoms with van der Waals surface area (Å²) in [4.78, 5) is 16.4. The van der Waals surface area contributed by atoms with Gasteiger partial charge >= 0.3 is 0 Å². The van der Waals surface area contributed by atoms with Crippen LogP contribution in [0.5, 0.6) is 0 Å². The molecule has 0 aliphatic rings. The van der Waals surface area contributed by atoms with Crippen LogP contribution in [0.3, 0.4) is 0 Å². The van der Waals surface area contributed by atoms with Crippen molar-refractivity contribution in [2.45, 2.75) is 26.7 Å². The van der Waals surface area contributed by atoms with Crippen LogP contribution in [0.15, 0.2) is 28.8 Å². The summed E-state index contributed by atoms with van der Waals surface area (Å²) in [6, 6.07) is 5.79. The van der Waals surface area contributed by atoms with Crippen LogP contribution in [-0.2, 0) is 0 Å². The molecule has 0 radical (unpaired) electrons. The fourth-order valence-corrected chi connectivity index (χ4v) is 2.72. The predicted octanol–water partition coefficient (Wildman–Crippen LogP) is 4.93. The monoisotopic (exact) mass is 287 g/mol. The van der Waals surface area contributed by atoms with Crippen LogP contribution < -0.4 is 0 Å². The normalized spacial score (nSPS) is 11.3. The fraction of sp³-hybridized carbons (Fsp3) is 0.250. The summed E-state index contributed by atoms with van der Waals surface area (Å²) in [5, 5.41) is 2.21. The summed E-state index contributed by atoms with van der Waals surface area (Å²) in [6.07, 6.45) is 2.83. The van der Waals surface area contributed by atoms with Crippen LogP contribution in [0, 0.1) is 6.92 Å². The minimum atomic E-state index is 0.0302. The van der Waals surface area contributed by atoms with Crippen LogP contribution in [0.25, 0.3) is 21.9 Å². The third-order valence-corrected chi connectivity index (χ3v) is 3.76. The van der Waals surface area contributed by atoms with E-state index in [0.717, 1.165) is 28.5 Å². The molecule has 0 saturated carbocycles. The molecule has 0 saturated heterocycles. The Labute approximate surface area is 121 Å². The molecular formula is C16H14ClNO2. The number of nitrogens with zero attached hydrogens (tertiary/aromatic N) is 1. The Morgan fingerprint density at radius 2 is 2.20 bits per heavy atom. The van der Waals surface area contributed by atoms with Crippen molar-refractivity contribution in [1.82, 2.24) is 4.98 Å². The number of halogens is 1. The van der Waals surface area contributed by atoms with Gasteiger partial charge in [-0.2, -0.15) is 0 Å². The Morgan fingerprint density at radius 1 is 1.40 bits per heavy atom. The minimum absolute atomic E-state index is 0.0302. The van der Waals surface area contributed by atoms with E-state index in [1.807, 2.05) is 32.0 Å². The van der Waals surface area contributed by atoms with E-state index < -0.39 is 0 Å². The van der Waals surface area contributed by atoms with Crippen LogP contribution >= 0.6 is 11.6 Å². The van der Waals surface area contributed by atoms with Gasteiger partial charge in [-0.25, -0.2) is 0 Å². The van der Waals surface area contributed by atoms with E-state index in [0.29, 0.717) is 22.5 Å². The highest BCUT2D eigenvalue weighted by Crippen LogP contribution is 2.32. The predicted molar refractivity (Wildman–Crippen MR) is 80.5 cm³/mol. The minimum Gasteiger partial charge on any atom is -0.459 e. The van der Waals surface area contributed by atoms with Crippen molar-refractivity contribution in [3.63, 3.8) is 0 Å². The van der Waals surface area contributed by atoms with Crippen molar-refractivity contribution in [3.8, 4) is 0 Å². The second-order valence-corrected chi connectivity index (χ2v) is 5.27. The lowest BCUT2D eigenvalue weighted by molar-refractivity contribution is 0.0981. The molecule has 0 aliphatic carbocycles. The molecule has 102 valence electrons. The molecule has 0 fully saturated rings. The van der Waals surface area contributed by atoms with Gasteiger partial charge in [-0.1, -0.05) is 30.7 Å². The fourth-order valence-electron chi connectivity index (χ4n) is 2.41. The summed E-state index contributed by atoms with van der Waals surface area (Å²) in [7, 11) is 0. The Hall–Kier alpha value is -1.87. The Kier molecular flexibility index (Phi) is 3.22. The molecule has 0 N–H and O–H groups in total. The number of rotatable bonds is 3. The SMILES string of the molecule is CCCC(=O)c1cnc2c(ccc3cc(C)oc32)c1Cl. The smallest absolute Gasteiger partial charge is 0.165 e. The average molecular weight is 288 g/mol. The molecule has 4 heteroatoms. The summed E-state index contributed by atoms with van der Waals surface area (Å²) in [5.41, 5.74) is 1.91. The van der Waals surface area contributed by atoms with Crippen molar-refractivity contribution in [2.24, 2.45) is 0 Å². The van der Waals surface area contributed by atoms with E-state index in [1.54, 1.807) is 6.20 Å². The van der Waals surface area contributed by atoms with Gasteiger partial charge < -0.3 is 4.42 Å². The number of hydrogen-bond acceptors (Lipinski definition) is 3. The summed E-state index contributed by atoms with van der Waals surface area (Å²) >= 11 is 6.38. The van der Waals surface area contributed by atoms with Crippen LogP contribution in [0.1, 0.15) is 35.9 Å². The third-order valence-electron chi connectivity index (χ3n) is 3.36. The summed E-state index contributed by atoms with van der Waals surface area (Å²) in [5.74, 6) is 0.860. The van der Waals surface area contributed by atoms with Gasteiger partial charge in [0, 0.05) is 23.4 Å². The van der Waals surface area contributed by atoms with E-state index in [2.05, 4.69) is 4.98 Å². The van der Waals surface area contributed by atoms with Gasteiger partial charge in [-0.15, -0.1) is 0 Å². The summed E-state index contributed by atoms with van der Waals surface area (Å²) in [6.45, 7) is 3.86. The van der Waals surface area contributed by atoms with Gasteiger partial charge in [0.05, 0.1) is 10.6 Å². The van der Waals surface area contributed by atoms with Crippen LogP contribution in [0.4, 0.5) is 0 Å². The van der Waals surface area contributed by atoms with E-state index in [4.69, 9.17) is 16.0 Å². The lowest BCUT2D eigenvalue weighted by Gasteiger charge is -2.06. The largest absolute Gasteiger partial charge is 0.459 e. The first kappa shape index (κ1) is 13.1. The van der Waals surface area contributed by atoms with Crippen molar-refractivity contribution in [3.05, 3.63) is 40.7 Å². The van der Waals surface area contributed by atoms with Crippen LogP contribution in [0.2, 0.25) is 5.02 Å². The molecule has 3 aromatic rings. The molecule has 3 nitrogen and oxygen atoms in total. The van der Waals surface area contributed by atoms with E-state index in [9.17, 15) is 4.79 Å². The molecule has 0 unspecified atom stereocenters. The average Bonchev–Trinajstić information content (AvgIpc) is 2.80. The highest BCUT2D eigenvalue weighted by atomic mass is 35.5. The van der Waals surface area contributed by atoms with E-state index in [1.165, 1.54) is 0 Å². The number of carbonyl (C=O) groups is 1. The number of furan rings is 1. The molecule has 1 aromatic carbocycles. The molecule has 0 bridgehead atoms. The molecule has 0 aliphatic heterocycles. The number of fused-ring (bicyclic) bond motifs is 3. The number of Topliss-reactive ketones (excluding diaryl/α,β-unsaturated/α-hetero) is 1. The first-order valence-electron chi connectivity index (χ1n) is 6.62. The zero-order chi connectivity index (χ0) is 14.3. The lowest BCUT2D eigenvalue weighted by atomic mass is 10.1. The number of aryl methyl sites for hydroxylation is 1. The van der Waals surface area contributed by atoms with Crippen LogP contribution in [-0.4, -0.2) is 10.8 Å². The van der Waals surface area contributed by atoms with Gasteiger partial charge in [-0.05, 0) is 19.4 Å². The molecule has 3 rings (SSSR count). The summed E-state index contributed by atoms with van der Waals surface area (Å²) < 4.78 is 5.68. The van der Waals surface area contributed by atoms with Gasteiger partial charge in [0.1, 0.15) is 11.3 Å². The molecular weight excluding hydrogens is 274 g/mol. The van der Waals surface area contributed by atoms with Gasteiger partial charge in [-0.3, -0.25) is 9.78 Å². The lowest BCUT2D eigenvalue weighted by Crippen LogP contribution is -2.00. The van der Waals surface area contributed by atoms with Crippen molar-refractivity contribution >= 4 is 39.3 Å². The number of carbonyl (C=O) groups excluding carboxylic acids is 1. The van der Waals surface area contributed by atoms with Gasteiger partial charge in [0.2, 0.25) is 0 Å². The first-order valence-corrected chi connectivity index (χ1v) is 7.00. The topological polar surface area (TPSA) is 43.1 Å². The zero-order valence-electron chi connectivity index (χ0n) is 11.4. The Bertz CT molecular complexity index is 820. The van der Waals surface area contributed by atoms with Gasteiger partial charge in [0.25, 0.3) is 0 Å². The maximum Gasteiger partial charge on any atom is 0.165 e. The number of benzene rings is 1. The molecule has 0 atom stereocenters. The van der Waals surface area contributed by atoms with Crippen molar-refractivity contribution in [1.29, 1.82) is 0 Å². The quantitative estimate of drug-likeness (QED) is 0.642. The number of pyridine rings is 1.